The van der Waals surface area contributed by atoms with E-state index in [1.54, 1.807) is 28.0 Å². The van der Waals surface area contributed by atoms with Crippen LogP contribution in [0, 0.1) is 0 Å². The molecule has 2 amide bonds. The Labute approximate surface area is 155 Å². The fourth-order valence-corrected chi connectivity index (χ4v) is 3.31. The van der Waals surface area contributed by atoms with Crippen LogP contribution in [0.5, 0.6) is 0 Å². The predicted molar refractivity (Wildman–Crippen MR) is 99.5 cm³/mol. The van der Waals surface area contributed by atoms with Gasteiger partial charge in [0.05, 0.1) is 11.9 Å². The number of aromatic nitrogens is 1. The number of benzene rings is 2. The number of piperazine rings is 1. The SMILES string of the molecule is O=C(Cc1ccccc1)N1CCN(C(=O)c2ccc3oc(=O)[nH]c3c2)CC1. The van der Waals surface area contributed by atoms with Crippen molar-refractivity contribution in [2.45, 2.75) is 6.42 Å². The van der Waals surface area contributed by atoms with Crippen molar-refractivity contribution in [2.24, 2.45) is 0 Å². The molecule has 1 saturated heterocycles. The van der Waals surface area contributed by atoms with E-state index in [-0.39, 0.29) is 11.8 Å². The Morgan fingerprint density at radius 2 is 1.67 bits per heavy atom. The van der Waals surface area contributed by atoms with Crippen molar-refractivity contribution >= 4 is 22.9 Å². The lowest BCUT2D eigenvalue weighted by Crippen LogP contribution is -2.51. The summed E-state index contributed by atoms with van der Waals surface area (Å²) in [6.45, 7) is 2.00. The van der Waals surface area contributed by atoms with E-state index < -0.39 is 5.76 Å². The lowest BCUT2D eigenvalue weighted by molar-refractivity contribution is -0.131. The minimum absolute atomic E-state index is 0.0747. The van der Waals surface area contributed by atoms with Gasteiger partial charge in [0, 0.05) is 31.7 Å². The second-order valence-electron chi connectivity index (χ2n) is 6.56. The molecule has 1 fully saturated rings. The summed E-state index contributed by atoms with van der Waals surface area (Å²) < 4.78 is 4.96. The Kier molecular flexibility index (Phi) is 4.50. The summed E-state index contributed by atoms with van der Waals surface area (Å²) in [7, 11) is 0. The molecule has 0 saturated carbocycles. The first-order valence-corrected chi connectivity index (χ1v) is 8.84. The van der Waals surface area contributed by atoms with Gasteiger partial charge in [0.25, 0.3) is 5.91 Å². The average molecular weight is 365 g/mol. The van der Waals surface area contributed by atoms with E-state index in [9.17, 15) is 14.4 Å². The first-order chi connectivity index (χ1) is 13.1. The smallest absolute Gasteiger partial charge is 0.408 e. The number of carbonyl (C=O) groups excluding carboxylic acids is 2. The Morgan fingerprint density at radius 3 is 2.41 bits per heavy atom. The maximum atomic E-state index is 12.7. The number of aromatic amines is 1. The maximum absolute atomic E-state index is 12.7. The van der Waals surface area contributed by atoms with Crippen molar-refractivity contribution in [3.8, 4) is 0 Å². The standard InChI is InChI=1S/C20H19N3O4/c24-18(12-14-4-2-1-3-5-14)22-8-10-23(11-9-22)19(25)15-6-7-17-16(13-15)21-20(26)27-17/h1-7,13H,8-12H2,(H,21,26). The fourth-order valence-electron chi connectivity index (χ4n) is 3.31. The molecule has 0 radical (unpaired) electrons. The van der Waals surface area contributed by atoms with E-state index in [0.29, 0.717) is 49.3 Å². The van der Waals surface area contributed by atoms with Crippen LogP contribution in [0.2, 0.25) is 0 Å². The Bertz CT molecular complexity index is 1030. The number of carbonyl (C=O) groups is 2. The Balaban J connectivity index is 1.38. The molecule has 1 aliphatic rings. The van der Waals surface area contributed by atoms with E-state index >= 15 is 0 Å². The summed E-state index contributed by atoms with van der Waals surface area (Å²) in [5, 5.41) is 0. The molecular formula is C20H19N3O4. The highest BCUT2D eigenvalue weighted by molar-refractivity contribution is 5.97. The van der Waals surface area contributed by atoms with Crippen LogP contribution in [0.25, 0.3) is 11.1 Å². The zero-order chi connectivity index (χ0) is 18.8. The third kappa shape index (κ3) is 3.62. The molecule has 7 heteroatoms. The number of oxazole rings is 1. The first kappa shape index (κ1) is 17.1. The van der Waals surface area contributed by atoms with Gasteiger partial charge in [-0.1, -0.05) is 30.3 Å². The second-order valence-corrected chi connectivity index (χ2v) is 6.56. The van der Waals surface area contributed by atoms with Crippen molar-refractivity contribution in [2.75, 3.05) is 26.2 Å². The van der Waals surface area contributed by atoms with Crippen LogP contribution in [0.1, 0.15) is 15.9 Å². The third-order valence-corrected chi connectivity index (χ3v) is 4.78. The van der Waals surface area contributed by atoms with Gasteiger partial charge in [-0.05, 0) is 23.8 Å². The van der Waals surface area contributed by atoms with Crippen molar-refractivity contribution in [1.29, 1.82) is 0 Å². The highest BCUT2D eigenvalue weighted by Gasteiger charge is 2.25. The van der Waals surface area contributed by atoms with Crippen LogP contribution in [-0.2, 0) is 11.2 Å². The molecule has 0 aliphatic carbocycles. The monoisotopic (exact) mass is 365 g/mol. The number of rotatable bonds is 3. The van der Waals surface area contributed by atoms with Gasteiger partial charge >= 0.3 is 5.76 Å². The lowest BCUT2D eigenvalue weighted by Gasteiger charge is -2.35. The molecule has 2 aromatic carbocycles. The fraction of sp³-hybridized carbons (Fsp3) is 0.250. The van der Waals surface area contributed by atoms with Crippen LogP contribution < -0.4 is 5.76 Å². The van der Waals surface area contributed by atoms with E-state index in [0.717, 1.165) is 5.56 Å². The van der Waals surface area contributed by atoms with Crippen LogP contribution in [-0.4, -0.2) is 52.8 Å². The molecule has 2 heterocycles. The number of amides is 2. The average Bonchev–Trinajstić information content (AvgIpc) is 3.07. The minimum atomic E-state index is -0.542. The van der Waals surface area contributed by atoms with Crippen LogP contribution >= 0.6 is 0 Å². The number of hydrogen-bond acceptors (Lipinski definition) is 4. The van der Waals surface area contributed by atoms with Gasteiger partial charge in [0.2, 0.25) is 5.91 Å². The molecule has 0 bridgehead atoms. The minimum Gasteiger partial charge on any atom is -0.408 e. The zero-order valence-electron chi connectivity index (χ0n) is 14.7. The molecule has 0 atom stereocenters. The summed E-state index contributed by atoms with van der Waals surface area (Å²) in [6, 6.07) is 14.5. The molecule has 1 aromatic heterocycles. The quantitative estimate of drug-likeness (QED) is 0.765. The molecule has 0 unspecified atom stereocenters. The zero-order valence-corrected chi connectivity index (χ0v) is 14.7. The van der Waals surface area contributed by atoms with Crippen LogP contribution in [0.3, 0.4) is 0 Å². The molecule has 7 nitrogen and oxygen atoms in total. The first-order valence-electron chi connectivity index (χ1n) is 8.84. The number of hydrogen-bond donors (Lipinski definition) is 1. The van der Waals surface area contributed by atoms with Crippen LogP contribution in [0.15, 0.2) is 57.7 Å². The highest BCUT2D eigenvalue weighted by atomic mass is 16.4. The Hall–Kier alpha value is -3.35. The van der Waals surface area contributed by atoms with Crippen LogP contribution in [0.4, 0.5) is 0 Å². The highest BCUT2D eigenvalue weighted by Crippen LogP contribution is 2.15. The maximum Gasteiger partial charge on any atom is 0.417 e. The molecule has 3 aromatic rings. The van der Waals surface area contributed by atoms with Crippen molar-refractivity contribution in [1.82, 2.24) is 14.8 Å². The van der Waals surface area contributed by atoms with E-state index in [4.69, 9.17) is 4.42 Å². The summed E-state index contributed by atoms with van der Waals surface area (Å²) in [6.07, 6.45) is 0.374. The van der Waals surface area contributed by atoms with E-state index in [2.05, 4.69) is 4.98 Å². The normalized spacial score (nSPS) is 14.5. The Morgan fingerprint density at radius 1 is 0.963 bits per heavy atom. The summed E-state index contributed by atoms with van der Waals surface area (Å²) in [4.78, 5) is 42.5. The van der Waals surface area contributed by atoms with E-state index in [1.807, 2.05) is 30.3 Å². The number of fused-ring (bicyclic) bond motifs is 1. The van der Waals surface area contributed by atoms with Gasteiger partial charge in [0.15, 0.2) is 5.58 Å². The van der Waals surface area contributed by atoms with Gasteiger partial charge in [-0.25, -0.2) is 4.79 Å². The van der Waals surface area contributed by atoms with Gasteiger partial charge in [-0.2, -0.15) is 0 Å². The molecule has 1 aliphatic heterocycles. The summed E-state index contributed by atoms with van der Waals surface area (Å²) in [5.74, 6) is -0.583. The number of H-pyrrole nitrogens is 1. The second kappa shape index (κ2) is 7.11. The molecule has 1 N–H and O–H groups in total. The van der Waals surface area contributed by atoms with Gasteiger partial charge in [-0.15, -0.1) is 0 Å². The van der Waals surface area contributed by atoms with Crippen molar-refractivity contribution < 1.29 is 14.0 Å². The molecular weight excluding hydrogens is 346 g/mol. The number of nitrogens with zero attached hydrogens (tertiary/aromatic N) is 2. The summed E-state index contributed by atoms with van der Waals surface area (Å²) >= 11 is 0. The molecule has 138 valence electrons. The largest absolute Gasteiger partial charge is 0.417 e. The lowest BCUT2D eigenvalue weighted by atomic mass is 10.1. The van der Waals surface area contributed by atoms with Crippen molar-refractivity contribution in [3.63, 3.8) is 0 Å². The van der Waals surface area contributed by atoms with Gasteiger partial charge in [0.1, 0.15) is 0 Å². The molecule has 0 spiro atoms. The topological polar surface area (TPSA) is 86.6 Å². The van der Waals surface area contributed by atoms with Gasteiger partial charge < -0.3 is 14.2 Å². The third-order valence-electron chi connectivity index (χ3n) is 4.78. The predicted octanol–water partition coefficient (Wildman–Crippen LogP) is 1.65. The summed E-state index contributed by atoms with van der Waals surface area (Å²) in [5.41, 5.74) is 2.41. The van der Waals surface area contributed by atoms with Gasteiger partial charge in [-0.3, -0.25) is 14.6 Å². The van der Waals surface area contributed by atoms with Crippen molar-refractivity contribution in [3.05, 3.63) is 70.2 Å². The number of nitrogens with one attached hydrogen (secondary N) is 1. The molecule has 27 heavy (non-hydrogen) atoms. The van der Waals surface area contributed by atoms with E-state index in [1.165, 1.54) is 0 Å². The molecule has 4 rings (SSSR count).